The molecule has 0 unspecified atom stereocenters. The maximum atomic E-state index is 9.26. The third-order valence-corrected chi connectivity index (χ3v) is 5.31. The third-order valence-electron chi connectivity index (χ3n) is 5.31. The van der Waals surface area contributed by atoms with Gasteiger partial charge in [0.15, 0.2) is 0 Å². The van der Waals surface area contributed by atoms with Crippen molar-refractivity contribution in [2.75, 3.05) is 71.5 Å². The highest BCUT2D eigenvalue weighted by Gasteiger charge is 2.17. The van der Waals surface area contributed by atoms with E-state index >= 15 is 0 Å². The smallest absolute Gasteiger partial charge is 0.234 e. The zero-order valence-corrected chi connectivity index (χ0v) is 19.1. The molecule has 1 fully saturated rings. The van der Waals surface area contributed by atoms with Crippen molar-refractivity contribution in [3.05, 3.63) is 24.0 Å². The number of anilines is 1. The number of nitrogens with zero attached hydrogens (tertiary/aromatic N) is 5. The average molecular weight is 427 g/mol. The molecule has 3 rings (SSSR count). The molecule has 1 saturated heterocycles. The number of benzene rings is 1. The Morgan fingerprint density at radius 1 is 1.06 bits per heavy atom. The van der Waals surface area contributed by atoms with E-state index < -0.39 is 0 Å². The summed E-state index contributed by atoms with van der Waals surface area (Å²) >= 11 is 0. The van der Waals surface area contributed by atoms with Crippen LogP contribution in [-0.2, 0) is 4.74 Å². The van der Waals surface area contributed by atoms with E-state index in [0.717, 1.165) is 69.1 Å². The van der Waals surface area contributed by atoms with Crippen LogP contribution in [0.15, 0.2) is 18.2 Å². The zero-order chi connectivity index (χ0) is 22.3. The van der Waals surface area contributed by atoms with Crippen molar-refractivity contribution >= 4 is 16.7 Å². The minimum absolute atomic E-state index is 0.0891. The number of hydrogen-bond acceptors (Lipinski definition) is 8. The molecule has 31 heavy (non-hydrogen) atoms. The molecule has 0 spiro atoms. The second-order valence-corrected chi connectivity index (χ2v) is 9.13. The summed E-state index contributed by atoms with van der Waals surface area (Å²) in [5.41, 5.74) is 0.827. The molecule has 168 valence electrons. The van der Waals surface area contributed by atoms with Crippen molar-refractivity contribution in [1.82, 2.24) is 19.8 Å². The minimum Gasteiger partial charge on any atom is -0.492 e. The highest BCUT2D eigenvalue weighted by molar-refractivity contribution is 5.90. The second-order valence-electron chi connectivity index (χ2n) is 9.13. The zero-order valence-electron chi connectivity index (χ0n) is 19.1. The maximum absolute atomic E-state index is 9.26. The number of nitriles is 1. The average Bonchev–Trinajstić information content (AvgIpc) is 2.76. The fraction of sp³-hybridized carbons (Fsp3) is 0.609. The quantitative estimate of drug-likeness (QED) is 0.655. The molecule has 8 nitrogen and oxygen atoms in total. The molecule has 0 saturated carbocycles. The number of methoxy groups -OCH3 is 1. The SMILES string of the molecule is COCCN1CCN(CCOc2ccc3nc(C#N)nc(NCC(C)(C)C)c3c2)CC1. The van der Waals surface area contributed by atoms with E-state index in [0.29, 0.717) is 12.4 Å². The molecule has 0 radical (unpaired) electrons. The molecular formula is C23H34N6O2. The summed E-state index contributed by atoms with van der Waals surface area (Å²) in [6.07, 6.45) is 0. The number of nitrogens with one attached hydrogen (secondary N) is 1. The Morgan fingerprint density at radius 3 is 2.35 bits per heavy atom. The van der Waals surface area contributed by atoms with Gasteiger partial charge >= 0.3 is 0 Å². The van der Waals surface area contributed by atoms with Crippen molar-refractivity contribution < 1.29 is 9.47 Å². The highest BCUT2D eigenvalue weighted by Crippen LogP contribution is 2.26. The number of aromatic nitrogens is 2. The van der Waals surface area contributed by atoms with Crippen molar-refractivity contribution in [3.63, 3.8) is 0 Å². The Bertz CT molecular complexity index is 897. The maximum Gasteiger partial charge on any atom is 0.234 e. The molecule has 1 N–H and O–H groups in total. The van der Waals surface area contributed by atoms with Gasteiger partial charge in [-0.1, -0.05) is 20.8 Å². The van der Waals surface area contributed by atoms with Crippen LogP contribution in [0.3, 0.4) is 0 Å². The van der Waals surface area contributed by atoms with Gasteiger partial charge in [-0.15, -0.1) is 0 Å². The summed E-state index contributed by atoms with van der Waals surface area (Å²) < 4.78 is 11.2. The molecule has 2 heterocycles. The van der Waals surface area contributed by atoms with Gasteiger partial charge in [-0.3, -0.25) is 9.80 Å². The monoisotopic (exact) mass is 426 g/mol. The molecule has 0 amide bonds. The van der Waals surface area contributed by atoms with E-state index in [2.05, 4.69) is 45.9 Å². The van der Waals surface area contributed by atoms with Crippen molar-refractivity contribution in [1.29, 1.82) is 5.26 Å². The number of fused-ring (bicyclic) bond motifs is 1. The first-order valence-corrected chi connectivity index (χ1v) is 10.9. The highest BCUT2D eigenvalue weighted by atomic mass is 16.5. The first-order chi connectivity index (χ1) is 14.9. The topological polar surface area (TPSA) is 86.5 Å². The lowest BCUT2D eigenvalue weighted by Gasteiger charge is -2.34. The van der Waals surface area contributed by atoms with E-state index in [-0.39, 0.29) is 11.2 Å². The number of ether oxygens (including phenoxy) is 2. The molecule has 0 aliphatic carbocycles. The first kappa shape index (κ1) is 23.2. The molecule has 1 aromatic heterocycles. The van der Waals surface area contributed by atoms with E-state index in [9.17, 15) is 5.26 Å². The number of rotatable bonds is 9. The minimum atomic E-state index is 0.0891. The Balaban J connectivity index is 1.59. The lowest BCUT2D eigenvalue weighted by atomic mass is 9.97. The van der Waals surface area contributed by atoms with Gasteiger partial charge in [0.05, 0.1) is 12.1 Å². The molecule has 1 aliphatic rings. The van der Waals surface area contributed by atoms with E-state index in [4.69, 9.17) is 9.47 Å². The predicted molar refractivity (Wildman–Crippen MR) is 122 cm³/mol. The van der Waals surface area contributed by atoms with Crippen molar-refractivity contribution in [2.24, 2.45) is 5.41 Å². The van der Waals surface area contributed by atoms with Crippen LogP contribution in [0.25, 0.3) is 10.9 Å². The summed E-state index contributed by atoms with van der Waals surface area (Å²) in [5, 5.41) is 13.5. The predicted octanol–water partition coefficient (Wildman–Crippen LogP) is 2.60. The van der Waals surface area contributed by atoms with Crippen molar-refractivity contribution in [2.45, 2.75) is 20.8 Å². The first-order valence-electron chi connectivity index (χ1n) is 10.9. The number of piperazine rings is 1. The van der Waals surface area contributed by atoms with Crippen LogP contribution in [0.5, 0.6) is 5.75 Å². The Kier molecular flexibility index (Phi) is 8.02. The van der Waals surface area contributed by atoms with Crippen LogP contribution in [0.4, 0.5) is 5.82 Å². The van der Waals surface area contributed by atoms with Crippen LogP contribution < -0.4 is 10.1 Å². The van der Waals surface area contributed by atoms with E-state index in [1.54, 1.807) is 7.11 Å². The van der Waals surface area contributed by atoms with Gasteiger partial charge in [0.1, 0.15) is 24.2 Å². The standard InChI is InChI=1S/C23H34N6O2/c1-23(2,3)17-25-22-19-15-18(5-6-20(19)26-21(16-24)27-22)31-14-12-29-9-7-28(8-10-29)11-13-30-4/h5-6,15H,7-14,17H2,1-4H3,(H,25,26,27). The summed E-state index contributed by atoms with van der Waals surface area (Å²) in [4.78, 5) is 13.6. The molecule has 8 heteroatoms. The molecule has 0 atom stereocenters. The van der Waals surface area contributed by atoms with Gasteiger partial charge in [0, 0.05) is 58.3 Å². The van der Waals surface area contributed by atoms with Crippen LogP contribution in [0.2, 0.25) is 0 Å². The fourth-order valence-corrected chi connectivity index (χ4v) is 3.48. The molecule has 2 aromatic rings. The third kappa shape index (κ3) is 7.03. The summed E-state index contributed by atoms with van der Waals surface area (Å²) in [6.45, 7) is 14.8. The normalized spacial score (nSPS) is 15.7. The second kappa shape index (κ2) is 10.7. The van der Waals surface area contributed by atoms with Crippen LogP contribution >= 0.6 is 0 Å². The molecule has 0 bridgehead atoms. The Hall–Kier alpha value is -2.47. The lowest BCUT2D eigenvalue weighted by molar-refractivity contribution is 0.0894. The summed E-state index contributed by atoms with van der Waals surface area (Å²) in [5.74, 6) is 1.63. The molecule has 1 aromatic carbocycles. The van der Waals surface area contributed by atoms with Gasteiger partial charge < -0.3 is 14.8 Å². The van der Waals surface area contributed by atoms with E-state index in [1.807, 2.05) is 24.3 Å². The summed E-state index contributed by atoms with van der Waals surface area (Å²) in [7, 11) is 1.75. The van der Waals surface area contributed by atoms with E-state index in [1.165, 1.54) is 0 Å². The Morgan fingerprint density at radius 2 is 1.74 bits per heavy atom. The van der Waals surface area contributed by atoms with Gasteiger partial charge in [-0.05, 0) is 23.6 Å². The van der Waals surface area contributed by atoms with Crippen LogP contribution in [0, 0.1) is 16.7 Å². The van der Waals surface area contributed by atoms with Crippen molar-refractivity contribution in [3.8, 4) is 11.8 Å². The lowest BCUT2D eigenvalue weighted by Crippen LogP contribution is -2.48. The van der Waals surface area contributed by atoms with Crippen LogP contribution in [-0.4, -0.2) is 85.9 Å². The van der Waals surface area contributed by atoms with Crippen LogP contribution in [0.1, 0.15) is 26.6 Å². The molecule has 1 aliphatic heterocycles. The number of hydrogen-bond donors (Lipinski definition) is 1. The van der Waals surface area contributed by atoms with Gasteiger partial charge in [-0.2, -0.15) is 5.26 Å². The van der Waals surface area contributed by atoms with Gasteiger partial charge in [0.25, 0.3) is 0 Å². The summed E-state index contributed by atoms with van der Waals surface area (Å²) in [6, 6.07) is 7.81. The van der Waals surface area contributed by atoms with Gasteiger partial charge in [-0.25, -0.2) is 9.97 Å². The Labute approximate surface area is 185 Å². The largest absolute Gasteiger partial charge is 0.492 e. The van der Waals surface area contributed by atoms with Gasteiger partial charge in [0.2, 0.25) is 5.82 Å². The molecular weight excluding hydrogens is 392 g/mol. The fourth-order valence-electron chi connectivity index (χ4n) is 3.48.